The first-order valence-corrected chi connectivity index (χ1v) is 12.1. The molecule has 1 saturated carbocycles. The van der Waals surface area contributed by atoms with Gasteiger partial charge in [-0.25, -0.2) is 9.78 Å². The van der Waals surface area contributed by atoms with Crippen molar-refractivity contribution in [2.75, 3.05) is 29.9 Å². The van der Waals surface area contributed by atoms with Crippen molar-refractivity contribution in [1.82, 2.24) is 4.98 Å². The number of alkyl halides is 3. The van der Waals surface area contributed by atoms with Crippen LogP contribution in [0.15, 0.2) is 34.9 Å². The molecule has 0 spiro atoms. The van der Waals surface area contributed by atoms with E-state index in [1.54, 1.807) is 19.1 Å². The predicted octanol–water partition coefficient (Wildman–Crippen LogP) is 6.15. The Morgan fingerprint density at radius 1 is 1.18 bits per heavy atom. The zero-order chi connectivity index (χ0) is 24.1. The van der Waals surface area contributed by atoms with Gasteiger partial charge in [0.25, 0.3) is 6.01 Å². The van der Waals surface area contributed by atoms with Crippen LogP contribution in [-0.4, -0.2) is 36.7 Å². The maximum atomic E-state index is 12.9. The number of halogens is 3. The van der Waals surface area contributed by atoms with Gasteiger partial charge >= 0.3 is 12.1 Å². The van der Waals surface area contributed by atoms with Crippen LogP contribution in [0.3, 0.4) is 0 Å². The Hall–Kier alpha value is -2.71. The molecule has 0 radical (unpaired) electrons. The molecule has 0 bridgehead atoms. The molecule has 2 aliphatic rings. The average molecular weight is 480 g/mol. The fraction of sp³-hybridized carbons (Fsp3) is 0.600. The molecule has 34 heavy (non-hydrogen) atoms. The van der Waals surface area contributed by atoms with Crippen molar-refractivity contribution >= 4 is 17.7 Å². The number of aromatic nitrogens is 1. The molecule has 9 heteroatoms. The third kappa shape index (κ3) is 6.04. The van der Waals surface area contributed by atoms with Crippen LogP contribution >= 0.6 is 0 Å². The van der Waals surface area contributed by atoms with Gasteiger partial charge < -0.3 is 19.4 Å². The Morgan fingerprint density at radius 2 is 1.94 bits per heavy atom. The van der Waals surface area contributed by atoms with E-state index >= 15 is 0 Å². The van der Waals surface area contributed by atoms with Crippen molar-refractivity contribution in [2.24, 2.45) is 11.8 Å². The summed E-state index contributed by atoms with van der Waals surface area (Å²) in [4.78, 5) is 18.3. The molecule has 1 N–H and O–H groups in total. The van der Waals surface area contributed by atoms with Gasteiger partial charge in [0.2, 0.25) is 5.76 Å². The quantitative estimate of drug-likeness (QED) is 0.481. The fourth-order valence-corrected chi connectivity index (χ4v) is 5.26. The Bertz CT molecular complexity index is 945. The van der Waals surface area contributed by atoms with Crippen LogP contribution in [0.4, 0.5) is 24.9 Å². The number of oxazole rings is 1. The molecule has 0 amide bonds. The van der Waals surface area contributed by atoms with Crippen molar-refractivity contribution in [3.63, 3.8) is 0 Å². The number of nitrogens with one attached hydrogen (secondary N) is 1. The minimum atomic E-state index is -4.31. The molecule has 2 heterocycles. The van der Waals surface area contributed by atoms with Crippen LogP contribution in [-0.2, 0) is 10.9 Å². The molecular weight excluding hydrogens is 447 g/mol. The summed E-state index contributed by atoms with van der Waals surface area (Å²) < 4.78 is 49.2. The molecule has 2 fully saturated rings. The summed E-state index contributed by atoms with van der Waals surface area (Å²) in [7, 11) is 0. The molecule has 186 valence electrons. The first kappa shape index (κ1) is 24.4. The van der Waals surface area contributed by atoms with E-state index in [9.17, 15) is 18.0 Å². The lowest BCUT2D eigenvalue weighted by molar-refractivity contribution is -0.137. The molecular formula is C25H32F3N3O3. The van der Waals surface area contributed by atoms with Gasteiger partial charge in [-0.2, -0.15) is 13.2 Å². The van der Waals surface area contributed by atoms with E-state index in [4.69, 9.17) is 9.15 Å². The van der Waals surface area contributed by atoms with E-state index < -0.39 is 17.7 Å². The van der Waals surface area contributed by atoms with Crippen molar-refractivity contribution in [1.29, 1.82) is 0 Å². The first-order valence-electron chi connectivity index (χ1n) is 12.1. The van der Waals surface area contributed by atoms with Gasteiger partial charge in [0.1, 0.15) is 0 Å². The van der Waals surface area contributed by atoms with E-state index in [0.29, 0.717) is 17.9 Å². The number of ether oxygens (including phenoxy) is 1. The Kier molecular flexibility index (Phi) is 7.68. The van der Waals surface area contributed by atoms with E-state index in [1.165, 1.54) is 24.8 Å². The van der Waals surface area contributed by atoms with E-state index in [2.05, 4.69) is 15.2 Å². The van der Waals surface area contributed by atoms with Gasteiger partial charge in [-0.1, -0.05) is 12.8 Å². The minimum Gasteiger partial charge on any atom is -0.460 e. The Morgan fingerprint density at radius 3 is 2.68 bits per heavy atom. The maximum Gasteiger partial charge on any atom is 0.416 e. The molecule has 1 aromatic heterocycles. The Balaban J connectivity index is 1.36. The second-order valence-corrected chi connectivity index (χ2v) is 9.28. The van der Waals surface area contributed by atoms with Crippen LogP contribution in [0.2, 0.25) is 0 Å². The van der Waals surface area contributed by atoms with Crippen LogP contribution < -0.4 is 10.2 Å². The highest BCUT2D eigenvalue weighted by Gasteiger charge is 2.32. The number of rotatable bonds is 7. The number of carbonyl (C=O) groups excluding carboxylic acids is 1. The molecule has 1 saturated heterocycles. The topological polar surface area (TPSA) is 67.6 Å². The molecule has 4 rings (SSSR count). The number of benzene rings is 1. The highest BCUT2D eigenvalue weighted by molar-refractivity contribution is 5.86. The van der Waals surface area contributed by atoms with E-state index in [1.807, 2.05) is 0 Å². The average Bonchev–Trinajstić information content (AvgIpc) is 3.29. The van der Waals surface area contributed by atoms with E-state index in [-0.39, 0.29) is 18.4 Å². The molecule has 1 aliphatic carbocycles. The number of anilines is 2. The summed E-state index contributed by atoms with van der Waals surface area (Å²) in [6.45, 7) is 3.73. The molecule has 3 atom stereocenters. The van der Waals surface area contributed by atoms with Gasteiger partial charge in [-0.05, 0) is 75.1 Å². The van der Waals surface area contributed by atoms with Crippen molar-refractivity contribution in [2.45, 2.75) is 64.1 Å². The van der Waals surface area contributed by atoms with Gasteiger partial charge in [-0.15, -0.1) is 0 Å². The molecule has 1 aromatic carbocycles. The maximum absolute atomic E-state index is 12.9. The standard InChI is InChI=1S/C25H32F3N3O3/c1-2-33-23(32)22-15-29-24(34-22)30-21-8-4-3-7-18(21)14-17-6-5-13-31(16-17)20-11-9-19(10-12-20)25(26,27)28/h9-12,15,17-18,21H,2-8,13-14,16H2,1H3,(H,29,30)/t17-,18+,21-/m1/s1. The molecule has 1 aliphatic heterocycles. The van der Waals surface area contributed by atoms with Crippen LogP contribution in [0.5, 0.6) is 0 Å². The summed E-state index contributed by atoms with van der Waals surface area (Å²) in [6, 6.07) is 6.06. The Labute approximate surface area is 197 Å². The van der Waals surface area contributed by atoms with Gasteiger partial charge in [0, 0.05) is 24.8 Å². The van der Waals surface area contributed by atoms with Crippen LogP contribution in [0, 0.1) is 11.8 Å². The zero-order valence-corrected chi connectivity index (χ0v) is 19.4. The highest BCUT2D eigenvalue weighted by atomic mass is 19.4. The smallest absolute Gasteiger partial charge is 0.416 e. The summed E-state index contributed by atoms with van der Waals surface area (Å²) in [5, 5.41) is 3.40. The lowest BCUT2D eigenvalue weighted by atomic mass is 9.77. The summed E-state index contributed by atoms with van der Waals surface area (Å²) >= 11 is 0. The first-order chi connectivity index (χ1) is 16.3. The number of piperidine rings is 1. The third-order valence-electron chi connectivity index (χ3n) is 6.92. The number of hydrogen-bond donors (Lipinski definition) is 1. The second kappa shape index (κ2) is 10.7. The monoisotopic (exact) mass is 479 g/mol. The number of esters is 1. The predicted molar refractivity (Wildman–Crippen MR) is 123 cm³/mol. The van der Waals surface area contributed by atoms with Gasteiger partial charge in [-0.3, -0.25) is 0 Å². The van der Waals surface area contributed by atoms with Gasteiger partial charge in [0.15, 0.2) is 0 Å². The van der Waals surface area contributed by atoms with Crippen molar-refractivity contribution in [3.05, 3.63) is 41.8 Å². The molecule has 6 nitrogen and oxygen atoms in total. The summed E-state index contributed by atoms with van der Waals surface area (Å²) in [6.07, 6.45) is 4.69. The summed E-state index contributed by atoms with van der Waals surface area (Å²) in [5.74, 6) is 0.498. The molecule has 0 unspecified atom stereocenters. The lowest BCUT2D eigenvalue weighted by Gasteiger charge is -2.39. The largest absolute Gasteiger partial charge is 0.460 e. The fourth-order valence-electron chi connectivity index (χ4n) is 5.26. The van der Waals surface area contributed by atoms with Crippen molar-refractivity contribution < 1.29 is 27.1 Å². The number of hydrogen-bond acceptors (Lipinski definition) is 6. The van der Waals surface area contributed by atoms with Crippen LogP contribution in [0.1, 0.15) is 68.0 Å². The molecule has 2 aromatic rings. The van der Waals surface area contributed by atoms with Crippen molar-refractivity contribution in [3.8, 4) is 0 Å². The lowest BCUT2D eigenvalue weighted by Crippen LogP contribution is -2.39. The zero-order valence-electron chi connectivity index (χ0n) is 19.4. The summed E-state index contributed by atoms with van der Waals surface area (Å²) in [5.41, 5.74) is 0.237. The van der Waals surface area contributed by atoms with Crippen LogP contribution in [0.25, 0.3) is 0 Å². The number of carbonyl (C=O) groups is 1. The third-order valence-corrected chi connectivity index (χ3v) is 6.92. The van der Waals surface area contributed by atoms with E-state index in [0.717, 1.165) is 57.3 Å². The SMILES string of the molecule is CCOC(=O)c1cnc(N[C@@H]2CCCC[C@H]2C[C@H]2CCCN(c3ccc(C(F)(F)F)cc3)C2)o1. The minimum absolute atomic E-state index is 0.0937. The highest BCUT2D eigenvalue weighted by Crippen LogP contribution is 2.36. The normalized spacial score (nSPS) is 23.5. The number of nitrogens with zero attached hydrogens (tertiary/aromatic N) is 2. The van der Waals surface area contributed by atoms with Gasteiger partial charge in [0.05, 0.1) is 18.4 Å². The second-order valence-electron chi connectivity index (χ2n) is 9.28.